The number of hydrogen-bond acceptors (Lipinski definition) is 2. The van der Waals surface area contributed by atoms with Gasteiger partial charge in [-0.15, -0.1) is 0 Å². The van der Waals surface area contributed by atoms with Crippen LogP contribution in [0.25, 0.3) is 0 Å². The third-order valence-electron chi connectivity index (χ3n) is 2.61. The normalized spacial score (nSPS) is 15.6. The minimum absolute atomic E-state index is 0.0933. The molecule has 1 N–H and O–H groups in total. The van der Waals surface area contributed by atoms with Crippen LogP contribution in [0.1, 0.15) is 15.9 Å². The fraction of sp³-hybridized carbons (Fsp3) is 0.333. The van der Waals surface area contributed by atoms with Gasteiger partial charge in [-0.05, 0) is 30.7 Å². The second-order valence-electron chi connectivity index (χ2n) is 4.09. The van der Waals surface area contributed by atoms with Gasteiger partial charge in [-0.3, -0.25) is 9.59 Å². The topological polar surface area (TPSA) is 49.4 Å². The first-order valence-electron chi connectivity index (χ1n) is 5.39. The predicted molar refractivity (Wildman–Crippen MR) is 67.8 cm³/mol. The first kappa shape index (κ1) is 12.1. The smallest absolute Gasteiger partial charge is 0.254 e. The van der Waals surface area contributed by atoms with Gasteiger partial charge in [0, 0.05) is 23.1 Å². The van der Waals surface area contributed by atoms with Crippen LogP contribution in [0.2, 0.25) is 0 Å². The number of piperazine rings is 1. The number of aryl methyl sites for hydroxylation is 1. The van der Waals surface area contributed by atoms with Crippen molar-refractivity contribution in [3.8, 4) is 0 Å². The Labute approximate surface area is 108 Å². The molecule has 0 spiro atoms. The lowest BCUT2D eigenvalue weighted by atomic mass is 10.1. The summed E-state index contributed by atoms with van der Waals surface area (Å²) < 4.78 is 0.877. The highest BCUT2D eigenvalue weighted by Gasteiger charge is 2.22. The Morgan fingerprint density at radius 3 is 2.82 bits per heavy atom. The third-order valence-corrected chi connectivity index (χ3v) is 3.07. The highest BCUT2D eigenvalue weighted by atomic mass is 79.9. The standard InChI is InChI=1S/C12H13BrN2O2/c1-8-4-9(6-10(13)5-8)12(17)15-3-2-14-11(16)7-15/h4-6H,2-3,7H2,1H3,(H,14,16). The summed E-state index contributed by atoms with van der Waals surface area (Å²) in [6.07, 6.45) is 0. The quantitative estimate of drug-likeness (QED) is 0.850. The Hall–Kier alpha value is -1.36. The van der Waals surface area contributed by atoms with Crippen molar-refractivity contribution in [2.24, 2.45) is 0 Å². The van der Waals surface area contributed by atoms with E-state index in [1.165, 1.54) is 0 Å². The molecule has 1 heterocycles. The van der Waals surface area contributed by atoms with Gasteiger partial charge >= 0.3 is 0 Å². The van der Waals surface area contributed by atoms with E-state index in [2.05, 4.69) is 21.2 Å². The van der Waals surface area contributed by atoms with Crippen LogP contribution >= 0.6 is 15.9 Å². The number of carbonyl (C=O) groups excluding carboxylic acids is 2. The number of halogens is 1. The van der Waals surface area contributed by atoms with Crippen molar-refractivity contribution >= 4 is 27.7 Å². The Morgan fingerprint density at radius 1 is 1.41 bits per heavy atom. The van der Waals surface area contributed by atoms with Gasteiger partial charge in [0.15, 0.2) is 0 Å². The summed E-state index contributed by atoms with van der Waals surface area (Å²) in [5, 5.41) is 2.70. The van der Waals surface area contributed by atoms with Gasteiger partial charge in [-0.25, -0.2) is 0 Å². The molecule has 1 aromatic rings. The SMILES string of the molecule is Cc1cc(Br)cc(C(=O)N2CCNC(=O)C2)c1. The molecule has 5 heteroatoms. The molecule has 4 nitrogen and oxygen atoms in total. The van der Waals surface area contributed by atoms with E-state index < -0.39 is 0 Å². The Morgan fingerprint density at radius 2 is 2.18 bits per heavy atom. The molecule has 0 unspecified atom stereocenters. The number of amides is 2. The summed E-state index contributed by atoms with van der Waals surface area (Å²) in [5.74, 6) is -0.194. The van der Waals surface area contributed by atoms with Gasteiger partial charge in [0.05, 0.1) is 6.54 Å². The fourth-order valence-electron chi connectivity index (χ4n) is 1.85. The van der Waals surface area contributed by atoms with E-state index in [0.29, 0.717) is 18.7 Å². The van der Waals surface area contributed by atoms with Crippen molar-refractivity contribution in [2.45, 2.75) is 6.92 Å². The number of hydrogen-bond donors (Lipinski definition) is 1. The Balaban J connectivity index is 2.21. The van der Waals surface area contributed by atoms with E-state index in [9.17, 15) is 9.59 Å². The molecular weight excluding hydrogens is 284 g/mol. The van der Waals surface area contributed by atoms with Gasteiger partial charge in [0.1, 0.15) is 0 Å². The summed E-state index contributed by atoms with van der Waals surface area (Å²) in [6.45, 7) is 3.17. The number of carbonyl (C=O) groups is 2. The Kier molecular flexibility index (Phi) is 3.47. The van der Waals surface area contributed by atoms with E-state index in [-0.39, 0.29) is 18.4 Å². The van der Waals surface area contributed by atoms with Crippen LogP contribution in [-0.2, 0) is 4.79 Å². The summed E-state index contributed by atoms with van der Waals surface area (Å²) in [6, 6.07) is 5.56. The maximum Gasteiger partial charge on any atom is 0.254 e. The molecule has 1 saturated heterocycles. The number of nitrogens with one attached hydrogen (secondary N) is 1. The minimum atomic E-state index is -0.101. The molecule has 1 aromatic carbocycles. The molecule has 2 rings (SSSR count). The van der Waals surface area contributed by atoms with Crippen molar-refractivity contribution in [1.82, 2.24) is 10.2 Å². The molecule has 0 aliphatic carbocycles. The molecule has 0 saturated carbocycles. The molecule has 0 radical (unpaired) electrons. The van der Waals surface area contributed by atoms with Crippen LogP contribution in [-0.4, -0.2) is 36.3 Å². The summed E-state index contributed by atoms with van der Waals surface area (Å²) in [4.78, 5) is 25.0. The highest BCUT2D eigenvalue weighted by Crippen LogP contribution is 2.17. The van der Waals surface area contributed by atoms with Crippen LogP contribution < -0.4 is 5.32 Å². The second kappa shape index (κ2) is 4.87. The highest BCUT2D eigenvalue weighted by molar-refractivity contribution is 9.10. The van der Waals surface area contributed by atoms with Crippen LogP contribution in [0.5, 0.6) is 0 Å². The first-order chi connectivity index (χ1) is 8.06. The van der Waals surface area contributed by atoms with E-state index in [4.69, 9.17) is 0 Å². The molecule has 1 aliphatic heterocycles. The molecule has 0 bridgehead atoms. The van der Waals surface area contributed by atoms with Crippen molar-refractivity contribution in [2.75, 3.05) is 19.6 Å². The van der Waals surface area contributed by atoms with Crippen LogP contribution in [0.15, 0.2) is 22.7 Å². The summed E-state index contributed by atoms with van der Waals surface area (Å²) in [5.41, 5.74) is 1.63. The van der Waals surface area contributed by atoms with Gasteiger partial charge in [0.25, 0.3) is 5.91 Å². The fourth-order valence-corrected chi connectivity index (χ4v) is 2.46. The molecular formula is C12H13BrN2O2. The lowest BCUT2D eigenvalue weighted by molar-refractivity contribution is -0.123. The zero-order valence-electron chi connectivity index (χ0n) is 9.50. The van der Waals surface area contributed by atoms with Crippen molar-refractivity contribution in [1.29, 1.82) is 0 Å². The van der Waals surface area contributed by atoms with E-state index in [1.807, 2.05) is 19.1 Å². The van der Waals surface area contributed by atoms with Crippen molar-refractivity contribution in [3.63, 3.8) is 0 Å². The molecule has 1 aliphatic rings. The maximum absolute atomic E-state index is 12.2. The molecule has 1 fully saturated rings. The van der Waals surface area contributed by atoms with Crippen molar-refractivity contribution < 1.29 is 9.59 Å². The summed E-state index contributed by atoms with van der Waals surface area (Å²) in [7, 11) is 0. The monoisotopic (exact) mass is 296 g/mol. The van der Waals surface area contributed by atoms with Crippen LogP contribution in [0.4, 0.5) is 0 Å². The molecule has 90 valence electrons. The summed E-state index contributed by atoms with van der Waals surface area (Å²) >= 11 is 3.37. The van der Waals surface area contributed by atoms with E-state index >= 15 is 0 Å². The third kappa shape index (κ3) is 2.85. The van der Waals surface area contributed by atoms with E-state index in [1.54, 1.807) is 11.0 Å². The number of benzene rings is 1. The molecule has 0 aromatic heterocycles. The zero-order chi connectivity index (χ0) is 12.4. The Bertz CT molecular complexity index is 453. The lowest BCUT2D eigenvalue weighted by Gasteiger charge is -2.26. The predicted octanol–water partition coefficient (Wildman–Crippen LogP) is 1.33. The van der Waals surface area contributed by atoms with E-state index in [0.717, 1.165) is 10.0 Å². The largest absolute Gasteiger partial charge is 0.353 e. The van der Waals surface area contributed by atoms with Crippen LogP contribution in [0.3, 0.4) is 0 Å². The maximum atomic E-state index is 12.2. The number of rotatable bonds is 1. The van der Waals surface area contributed by atoms with Gasteiger partial charge in [-0.1, -0.05) is 15.9 Å². The number of nitrogens with zero attached hydrogens (tertiary/aromatic N) is 1. The molecule has 0 atom stereocenters. The van der Waals surface area contributed by atoms with Gasteiger partial charge in [0.2, 0.25) is 5.91 Å². The first-order valence-corrected chi connectivity index (χ1v) is 6.19. The minimum Gasteiger partial charge on any atom is -0.353 e. The van der Waals surface area contributed by atoms with Crippen molar-refractivity contribution in [3.05, 3.63) is 33.8 Å². The average molecular weight is 297 g/mol. The molecule has 2 amide bonds. The second-order valence-corrected chi connectivity index (χ2v) is 5.01. The molecule has 17 heavy (non-hydrogen) atoms. The lowest BCUT2D eigenvalue weighted by Crippen LogP contribution is -2.49. The van der Waals surface area contributed by atoms with Gasteiger partial charge < -0.3 is 10.2 Å². The van der Waals surface area contributed by atoms with Gasteiger partial charge in [-0.2, -0.15) is 0 Å². The average Bonchev–Trinajstić information content (AvgIpc) is 2.26. The van der Waals surface area contributed by atoms with Crippen LogP contribution in [0, 0.1) is 6.92 Å². The zero-order valence-corrected chi connectivity index (χ0v) is 11.1.